The van der Waals surface area contributed by atoms with Crippen LogP contribution in [0, 0.1) is 12.8 Å². The first-order valence-electron chi connectivity index (χ1n) is 8.89. The third-order valence-electron chi connectivity index (χ3n) is 5.05. The highest BCUT2D eigenvalue weighted by Gasteiger charge is 2.39. The molecule has 0 spiro atoms. The number of nitrogens with one attached hydrogen (secondary N) is 2. The maximum absolute atomic E-state index is 12.7. The van der Waals surface area contributed by atoms with Gasteiger partial charge in [-0.15, -0.1) is 0 Å². The average Bonchev–Trinajstić information content (AvgIpc) is 3.43. The van der Waals surface area contributed by atoms with Gasteiger partial charge in [-0.1, -0.05) is 12.1 Å². The lowest BCUT2D eigenvalue weighted by atomic mass is 9.91. The van der Waals surface area contributed by atoms with Crippen molar-refractivity contribution in [2.24, 2.45) is 5.92 Å². The van der Waals surface area contributed by atoms with E-state index in [9.17, 15) is 4.79 Å². The summed E-state index contributed by atoms with van der Waals surface area (Å²) in [4.78, 5) is 12.7. The minimum Gasteiger partial charge on any atom is -0.493 e. The summed E-state index contributed by atoms with van der Waals surface area (Å²) in [6.45, 7) is 4.92. The third-order valence-corrected chi connectivity index (χ3v) is 5.05. The molecule has 1 aromatic rings. The Morgan fingerprint density at radius 3 is 2.75 bits per heavy atom. The zero-order valence-corrected chi connectivity index (χ0v) is 14.7. The van der Waals surface area contributed by atoms with E-state index in [0.29, 0.717) is 25.3 Å². The van der Waals surface area contributed by atoms with Crippen LogP contribution in [0.4, 0.5) is 0 Å². The molecule has 132 valence electrons. The van der Waals surface area contributed by atoms with E-state index in [4.69, 9.17) is 9.47 Å². The molecule has 0 bridgehead atoms. The maximum Gasteiger partial charge on any atom is 0.252 e. The minimum absolute atomic E-state index is 0.0276. The van der Waals surface area contributed by atoms with Crippen LogP contribution in [0.3, 0.4) is 0 Å². The topological polar surface area (TPSA) is 59.6 Å². The zero-order chi connectivity index (χ0) is 17.0. The molecule has 0 unspecified atom stereocenters. The Balaban J connectivity index is 1.63. The normalized spacial score (nSPS) is 19.8. The summed E-state index contributed by atoms with van der Waals surface area (Å²) in [6, 6.07) is 6.16. The fourth-order valence-electron chi connectivity index (χ4n) is 3.13. The van der Waals surface area contributed by atoms with Crippen molar-refractivity contribution >= 4 is 5.91 Å². The van der Waals surface area contributed by atoms with E-state index in [1.165, 1.54) is 18.4 Å². The summed E-state index contributed by atoms with van der Waals surface area (Å²) >= 11 is 0. The van der Waals surface area contributed by atoms with Crippen LogP contribution in [0.5, 0.6) is 5.75 Å². The van der Waals surface area contributed by atoms with Gasteiger partial charge in [0.1, 0.15) is 11.4 Å². The summed E-state index contributed by atoms with van der Waals surface area (Å²) in [7, 11) is 1.63. The van der Waals surface area contributed by atoms with Crippen molar-refractivity contribution < 1.29 is 14.3 Å². The van der Waals surface area contributed by atoms with Crippen LogP contribution in [-0.2, 0) is 16.1 Å². The van der Waals surface area contributed by atoms with Crippen LogP contribution < -0.4 is 15.4 Å². The molecule has 2 aliphatic rings. The largest absolute Gasteiger partial charge is 0.493 e. The van der Waals surface area contributed by atoms with Gasteiger partial charge in [-0.2, -0.15) is 0 Å². The Bertz CT molecular complexity index is 578. The average molecular weight is 332 g/mol. The molecule has 1 aromatic carbocycles. The van der Waals surface area contributed by atoms with Crippen molar-refractivity contribution in [2.75, 3.05) is 26.8 Å². The van der Waals surface area contributed by atoms with E-state index in [-0.39, 0.29) is 5.91 Å². The van der Waals surface area contributed by atoms with Gasteiger partial charge in [0.2, 0.25) is 0 Å². The van der Waals surface area contributed by atoms with Crippen molar-refractivity contribution in [3.63, 3.8) is 0 Å². The molecule has 3 rings (SSSR count). The molecule has 5 nitrogen and oxygen atoms in total. The summed E-state index contributed by atoms with van der Waals surface area (Å²) in [6.07, 6.45) is 3.94. The molecular weight excluding hydrogens is 304 g/mol. The second-order valence-electron chi connectivity index (χ2n) is 7.00. The molecule has 0 aromatic heterocycles. The number of hydrogen-bond acceptors (Lipinski definition) is 4. The van der Waals surface area contributed by atoms with Gasteiger partial charge in [-0.3, -0.25) is 4.79 Å². The van der Waals surface area contributed by atoms with E-state index < -0.39 is 5.60 Å². The standard InChI is InChI=1S/C19H28N2O3/c1-14-3-6-16(17(11-14)24-13-15-4-5-15)12-21-18(22)19(23-2)7-9-20-10-8-19/h3,6,11,15,20H,4-5,7-10,12-13H2,1-2H3,(H,21,22). The van der Waals surface area contributed by atoms with Crippen molar-refractivity contribution in [1.82, 2.24) is 10.6 Å². The molecule has 5 heteroatoms. The van der Waals surface area contributed by atoms with Crippen LogP contribution in [0.25, 0.3) is 0 Å². The van der Waals surface area contributed by atoms with Crippen LogP contribution >= 0.6 is 0 Å². The van der Waals surface area contributed by atoms with Gasteiger partial charge in [0.05, 0.1) is 6.61 Å². The molecular formula is C19H28N2O3. The summed E-state index contributed by atoms with van der Waals surface area (Å²) in [5.74, 6) is 1.57. The fraction of sp³-hybridized carbons (Fsp3) is 0.632. The highest BCUT2D eigenvalue weighted by atomic mass is 16.5. The molecule has 24 heavy (non-hydrogen) atoms. The number of benzene rings is 1. The smallest absolute Gasteiger partial charge is 0.252 e. The number of methoxy groups -OCH3 is 1. The predicted molar refractivity (Wildman–Crippen MR) is 93.1 cm³/mol. The Hall–Kier alpha value is -1.59. The summed E-state index contributed by atoms with van der Waals surface area (Å²) in [5.41, 5.74) is 1.49. The third kappa shape index (κ3) is 4.08. The van der Waals surface area contributed by atoms with Crippen molar-refractivity contribution in [3.8, 4) is 5.75 Å². The summed E-state index contributed by atoms with van der Waals surface area (Å²) < 4.78 is 11.6. The first kappa shape index (κ1) is 17.2. The van der Waals surface area contributed by atoms with Gasteiger partial charge in [0.25, 0.3) is 5.91 Å². The lowest BCUT2D eigenvalue weighted by molar-refractivity contribution is -0.146. The van der Waals surface area contributed by atoms with Crippen LogP contribution in [0.2, 0.25) is 0 Å². The number of carbonyl (C=O) groups excluding carboxylic acids is 1. The number of hydrogen-bond donors (Lipinski definition) is 2. The number of carbonyl (C=O) groups is 1. The molecule has 1 saturated carbocycles. The Morgan fingerprint density at radius 1 is 1.33 bits per heavy atom. The first-order chi connectivity index (χ1) is 11.6. The Labute approximate surface area is 144 Å². The fourth-order valence-corrected chi connectivity index (χ4v) is 3.13. The van der Waals surface area contributed by atoms with Crippen LogP contribution in [0.15, 0.2) is 18.2 Å². The maximum atomic E-state index is 12.7. The molecule has 0 radical (unpaired) electrons. The molecule has 2 fully saturated rings. The van der Waals surface area contributed by atoms with E-state index in [1.807, 2.05) is 6.07 Å². The molecule has 0 atom stereocenters. The number of rotatable bonds is 7. The molecule has 1 amide bonds. The van der Waals surface area contributed by atoms with Gasteiger partial charge >= 0.3 is 0 Å². The van der Waals surface area contributed by atoms with Crippen LogP contribution in [0.1, 0.15) is 36.8 Å². The van der Waals surface area contributed by atoms with Gasteiger partial charge in [-0.05, 0) is 63.2 Å². The minimum atomic E-state index is -0.703. The van der Waals surface area contributed by atoms with Crippen molar-refractivity contribution in [3.05, 3.63) is 29.3 Å². The number of amides is 1. The quantitative estimate of drug-likeness (QED) is 0.803. The highest BCUT2D eigenvalue weighted by Crippen LogP contribution is 2.31. The molecule has 1 saturated heterocycles. The Morgan fingerprint density at radius 2 is 2.08 bits per heavy atom. The van der Waals surface area contributed by atoms with E-state index in [1.54, 1.807) is 7.11 Å². The molecule has 2 N–H and O–H groups in total. The number of ether oxygens (including phenoxy) is 2. The predicted octanol–water partition coefficient (Wildman–Crippen LogP) is 2.17. The second kappa shape index (κ2) is 7.53. The zero-order valence-electron chi connectivity index (χ0n) is 14.7. The monoisotopic (exact) mass is 332 g/mol. The highest BCUT2D eigenvalue weighted by molar-refractivity contribution is 5.85. The van der Waals surface area contributed by atoms with Crippen molar-refractivity contribution in [2.45, 2.75) is 44.8 Å². The molecule has 1 aliphatic heterocycles. The lowest BCUT2D eigenvalue weighted by Crippen LogP contribution is -2.53. The summed E-state index contributed by atoms with van der Waals surface area (Å²) in [5, 5.41) is 6.32. The van der Waals surface area contributed by atoms with Gasteiger partial charge < -0.3 is 20.1 Å². The number of aryl methyl sites for hydroxylation is 1. The van der Waals surface area contributed by atoms with Gasteiger partial charge in [0, 0.05) is 19.2 Å². The molecule has 1 aliphatic carbocycles. The van der Waals surface area contributed by atoms with Crippen molar-refractivity contribution in [1.29, 1.82) is 0 Å². The molecule has 1 heterocycles. The van der Waals surface area contributed by atoms with Gasteiger partial charge in [-0.25, -0.2) is 0 Å². The van der Waals surface area contributed by atoms with E-state index in [0.717, 1.165) is 31.0 Å². The van der Waals surface area contributed by atoms with E-state index in [2.05, 4.69) is 29.7 Å². The second-order valence-corrected chi connectivity index (χ2v) is 7.00. The Kier molecular flexibility index (Phi) is 5.41. The lowest BCUT2D eigenvalue weighted by Gasteiger charge is -2.34. The van der Waals surface area contributed by atoms with Gasteiger partial charge in [0.15, 0.2) is 0 Å². The SMILES string of the molecule is COC1(C(=O)NCc2ccc(C)cc2OCC2CC2)CCNCC1. The van der Waals surface area contributed by atoms with Crippen LogP contribution in [-0.4, -0.2) is 38.3 Å². The van der Waals surface area contributed by atoms with E-state index >= 15 is 0 Å². The number of piperidine rings is 1. The first-order valence-corrected chi connectivity index (χ1v) is 8.89.